The lowest BCUT2D eigenvalue weighted by Gasteiger charge is -2.08. The zero-order valence-corrected chi connectivity index (χ0v) is 10.9. The molecule has 1 heterocycles. The van der Waals surface area contributed by atoms with Gasteiger partial charge in [0.1, 0.15) is 11.3 Å². The molecule has 2 aromatic carbocycles. The van der Waals surface area contributed by atoms with E-state index >= 15 is 0 Å². The number of hydrogen-bond acceptors (Lipinski definition) is 2. The molecule has 0 saturated heterocycles. The number of hydrogen-bond donors (Lipinski definition) is 1. The molecule has 0 aliphatic rings. The fraction of sp³-hybridized carbons (Fsp3) is 0.0714. The van der Waals surface area contributed by atoms with Gasteiger partial charge in [0.2, 0.25) is 0 Å². The number of imidazole rings is 1. The van der Waals surface area contributed by atoms with E-state index in [1.807, 2.05) is 30.3 Å². The van der Waals surface area contributed by atoms with Crippen molar-refractivity contribution in [2.75, 3.05) is 7.11 Å². The molecule has 0 aliphatic carbocycles. The minimum absolute atomic E-state index is 0.243. The Morgan fingerprint density at radius 1 is 1.16 bits per heavy atom. The summed E-state index contributed by atoms with van der Waals surface area (Å²) in [6, 6.07) is 12.7. The maximum atomic E-state index is 12.2. The topological polar surface area (TPSA) is 47.0 Å². The van der Waals surface area contributed by atoms with Gasteiger partial charge in [-0.3, -0.25) is 4.57 Å². The van der Waals surface area contributed by atoms with Crippen molar-refractivity contribution < 1.29 is 4.74 Å². The highest BCUT2D eigenvalue weighted by atomic mass is 35.5. The first-order valence-electron chi connectivity index (χ1n) is 5.75. The van der Waals surface area contributed by atoms with Gasteiger partial charge in [-0.15, -0.1) is 0 Å². The van der Waals surface area contributed by atoms with Crippen molar-refractivity contribution in [3.63, 3.8) is 0 Å². The first kappa shape index (κ1) is 11.9. The minimum atomic E-state index is -0.243. The van der Waals surface area contributed by atoms with Crippen LogP contribution in [0.5, 0.6) is 5.75 Å². The van der Waals surface area contributed by atoms with Gasteiger partial charge in [-0.2, -0.15) is 0 Å². The van der Waals surface area contributed by atoms with E-state index in [1.54, 1.807) is 19.2 Å². The average molecular weight is 275 g/mol. The molecule has 0 amide bonds. The number of fused-ring (bicyclic) bond motifs is 1. The van der Waals surface area contributed by atoms with Gasteiger partial charge in [-0.05, 0) is 24.3 Å². The Morgan fingerprint density at radius 2 is 1.95 bits per heavy atom. The van der Waals surface area contributed by atoms with E-state index in [0.717, 1.165) is 0 Å². The van der Waals surface area contributed by atoms with E-state index in [2.05, 4.69) is 4.98 Å². The van der Waals surface area contributed by atoms with E-state index in [9.17, 15) is 4.79 Å². The van der Waals surface area contributed by atoms with E-state index in [4.69, 9.17) is 16.3 Å². The van der Waals surface area contributed by atoms with Crippen LogP contribution in [0.4, 0.5) is 0 Å². The van der Waals surface area contributed by atoms with E-state index < -0.39 is 0 Å². The number of ether oxygens (including phenoxy) is 1. The first-order valence-corrected chi connectivity index (χ1v) is 6.13. The molecule has 4 nitrogen and oxygen atoms in total. The minimum Gasteiger partial charge on any atom is -0.494 e. The largest absolute Gasteiger partial charge is 0.494 e. The number of benzene rings is 2. The molecule has 3 rings (SSSR count). The number of para-hydroxylation sites is 2. The zero-order valence-electron chi connectivity index (χ0n) is 10.2. The maximum absolute atomic E-state index is 12.2. The van der Waals surface area contributed by atoms with Crippen LogP contribution in [0.3, 0.4) is 0 Å². The predicted molar refractivity (Wildman–Crippen MR) is 75.5 cm³/mol. The molecule has 0 atom stereocenters. The number of halogens is 1. The van der Waals surface area contributed by atoms with Gasteiger partial charge >= 0.3 is 5.69 Å². The van der Waals surface area contributed by atoms with Crippen molar-refractivity contribution in [3.8, 4) is 11.4 Å². The number of H-pyrrole nitrogens is 1. The summed E-state index contributed by atoms with van der Waals surface area (Å²) in [4.78, 5) is 14.9. The molecular weight excluding hydrogens is 264 g/mol. The fourth-order valence-electron chi connectivity index (χ4n) is 2.15. The highest BCUT2D eigenvalue weighted by Gasteiger charge is 2.14. The van der Waals surface area contributed by atoms with Crippen molar-refractivity contribution in [1.29, 1.82) is 0 Å². The van der Waals surface area contributed by atoms with Crippen LogP contribution in [0.15, 0.2) is 47.3 Å². The number of aromatic nitrogens is 2. The van der Waals surface area contributed by atoms with Crippen molar-refractivity contribution in [1.82, 2.24) is 9.55 Å². The Hall–Kier alpha value is -2.20. The van der Waals surface area contributed by atoms with E-state index in [1.165, 1.54) is 4.57 Å². The normalized spacial score (nSPS) is 10.8. The van der Waals surface area contributed by atoms with Crippen molar-refractivity contribution in [3.05, 3.63) is 58.0 Å². The Kier molecular flexibility index (Phi) is 2.80. The summed E-state index contributed by atoms with van der Waals surface area (Å²) in [7, 11) is 1.57. The predicted octanol–water partition coefficient (Wildman–Crippen LogP) is 2.98. The number of methoxy groups -OCH3 is 1. The molecule has 1 aromatic heterocycles. The van der Waals surface area contributed by atoms with Gasteiger partial charge in [0.05, 0.1) is 23.3 Å². The summed E-state index contributed by atoms with van der Waals surface area (Å²) in [6.45, 7) is 0. The Bertz CT molecular complexity index is 805. The Labute approximate surface area is 114 Å². The van der Waals surface area contributed by atoms with E-state index in [0.29, 0.717) is 27.5 Å². The monoisotopic (exact) mass is 274 g/mol. The van der Waals surface area contributed by atoms with Crippen LogP contribution in [0, 0.1) is 0 Å². The van der Waals surface area contributed by atoms with Crippen LogP contribution in [-0.4, -0.2) is 16.7 Å². The summed E-state index contributed by atoms with van der Waals surface area (Å²) >= 11 is 6.17. The lowest BCUT2D eigenvalue weighted by Crippen LogP contribution is -2.15. The van der Waals surface area contributed by atoms with Crippen LogP contribution in [-0.2, 0) is 0 Å². The molecule has 1 N–H and O–H groups in total. The van der Waals surface area contributed by atoms with Gasteiger partial charge in [-0.25, -0.2) is 4.79 Å². The average Bonchev–Trinajstić information content (AvgIpc) is 2.75. The molecular formula is C14H11ClN2O2. The number of rotatable bonds is 2. The lowest BCUT2D eigenvalue weighted by molar-refractivity contribution is 0.418. The zero-order chi connectivity index (χ0) is 13.4. The van der Waals surface area contributed by atoms with Gasteiger partial charge in [0, 0.05) is 0 Å². The SMILES string of the molecule is COc1cccc2[nH]c(=O)n(-c3ccccc3Cl)c12. The van der Waals surface area contributed by atoms with Crippen molar-refractivity contribution in [2.24, 2.45) is 0 Å². The van der Waals surface area contributed by atoms with Crippen LogP contribution >= 0.6 is 11.6 Å². The van der Waals surface area contributed by atoms with Crippen molar-refractivity contribution in [2.45, 2.75) is 0 Å². The third-order valence-electron chi connectivity index (χ3n) is 2.98. The molecule has 3 aromatic rings. The molecule has 0 saturated carbocycles. The second-order valence-electron chi connectivity index (χ2n) is 4.07. The quantitative estimate of drug-likeness (QED) is 0.781. The van der Waals surface area contributed by atoms with Crippen LogP contribution in [0.2, 0.25) is 5.02 Å². The third-order valence-corrected chi connectivity index (χ3v) is 3.30. The smallest absolute Gasteiger partial charge is 0.331 e. The lowest BCUT2D eigenvalue weighted by atomic mass is 10.2. The molecule has 0 fully saturated rings. The van der Waals surface area contributed by atoms with Crippen LogP contribution in [0.25, 0.3) is 16.7 Å². The van der Waals surface area contributed by atoms with Crippen LogP contribution in [0.1, 0.15) is 0 Å². The maximum Gasteiger partial charge on any atom is 0.331 e. The summed E-state index contributed by atoms with van der Waals surface area (Å²) in [5.74, 6) is 0.621. The van der Waals surface area contributed by atoms with E-state index in [-0.39, 0.29) is 5.69 Å². The standard InChI is InChI=1S/C14H11ClN2O2/c1-19-12-8-4-6-10-13(12)17(14(18)16-10)11-7-3-2-5-9(11)15/h2-8H,1H3,(H,16,18). The molecule has 0 bridgehead atoms. The van der Waals surface area contributed by atoms with Gasteiger partial charge in [0.15, 0.2) is 0 Å². The van der Waals surface area contributed by atoms with Crippen molar-refractivity contribution >= 4 is 22.6 Å². The number of nitrogens with zero attached hydrogens (tertiary/aromatic N) is 1. The molecule has 0 radical (unpaired) electrons. The van der Waals surface area contributed by atoms with Gasteiger partial charge in [0.25, 0.3) is 0 Å². The Morgan fingerprint density at radius 3 is 2.68 bits per heavy atom. The molecule has 19 heavy (non-hydrogen) atoms. The molecule has 0 spiro atoms. The second kappa shape index (κ2) is 4.48. The fourth-order valence-corrected chi connectivity index (χ4v) is 2.37. The number of aromatic amines is 1. The summed E-state index contributed by atoms with van der Waals surface area (Å²) in [5.41, 5.74) is 1.78. The molecule has 96 valence electrons. The molecule has 5 heteroatoms. The molecule has 0 unspecified atom stereocenters. The Balaban J connectivity index is 2.45. The summed E-state index contributed by atoms with van der Waals surface area (Å²) in [6.07, 6.45) is 0. The summed E-state index contributed by atoms with van der Waals surface area (Å²) in [5, 5.41) is 0.511. The number of nitrogens with one attached hydrogen (secondary N) is 1. The van der Waals surface area contributed by atoms with Gasteiger partial charge in [-0.1, -0.05) is 29.8 Å². The van der Waals surface area contributed by atoms with Crippen LogP contribution < -0.4 is 10.4 Å². The van der Waals surface area contributed by atoms with Gasteiger partial charge < -0.3 is 9.72 Å². The molecule has 0 aliphatic heterocycles. The summed E-state index contributed by atoms with van der Waals surface area (Å²) < 4.78 is 6.84. The highest BCUT2D eigenvalue weighted by molar-refractivity contribution is 6.32. The second-order valence-corrected chi connectivity index (χ2v) is 4.48. The third kappa shape index (κ3) is 1.81. The first-order chi connectivity index (χ1) is 9.22. The highest BCUT2D eigenvalue weighted by Crippen LogP contribution is 2.28.